The highest BCUT2D eigenvalue weighted by atomic mass is 15.3. The van der Waals surface area contributed by atoms with Crippen molar-refractivity contribution < 1.29 is 0 Å². The van der Waals surface area contributed by atoms with Crippen molar-refractivity contribution in [2.24, 2.45) is 5.73 Å². The zero-order valence-electron chi connectivity index (χ0n) is 9.23. The number of nitrogens with two attached hydrogens (primary N) is 1. The first-order chi connectivity index (χ1) is 7.13. The molecule has 2 aromatic heterocycles. The molecule has 0 aliphatic heterocycles. The Morgan fingerprint density at radius 2 is 2.13 bits per heavy atom. The fourth-order valence-corrected chi connectivity index (χ4v) is 1.68. The van der Waals surface area contributed by atoms with Crippen LogP contribution in [0.2, 0.25) is 0 Å². The van der Waals surface area contributed by atoms with Gasteiger partial charge in [0.15, 0.2) is 11.5 Å². The van der Waals surface area contributed by atoms with E-state index in [0.717, 1.165) is 29.4 Å². The molecule has 0 radical (unpaired) electrons. The Hall–Kier alpha value is -1.49. The molecule has 5 nitrogen and oxygen atoms in total. The van der Waals surface area contributed by atoms with Crippen molar-refractivity contribution in [2.45, 2.75) is 33.2 Å². The molecule has 2 aromatic rings. The summed E-state index contributed by atoms with van der Waals surface area (Å²) < 4.78 is 1.92. The molecule has 15 heavy (non-hydrogen) atoms. The van der Waals surface area contributed by atoms with Gasteiger partial charge in [-0.05, 0) is 20.3 Å². The van der Waals surface area contributed by atoms with E-state index in [9.17, 15) is 0 Å². The van der Waals surface area contributed by atoms with E-state index < -0.39 is 0 Å². The molecule has 0 saturated carbocycles. The van der Waals surface area contributed by atoms with Gasteiger partial charge in [-0.2, -0.15) is 0 Å². The first-order valence-electron chi connectivity index (χ1n) is 5.08. The molecule has 2 heterocycles. The molecule has 5 heteroatoms. The summed E-state index contributed by atoms with van der Waals surface area (Å²) in [6.07, 6.45) is 0.841. The molecule has 1 unspecified atom stereocenters. The van der Waals surface area contributed by atoms with Crippen LogP contribution < -0.4 is 5.73 Å². The first kappa shape index (κ1) is 10.0. The Labute approximate surface area is 88.3 Å². The third-order valence-electron chi connectivity index (χ3n) is 2.48. The van der Waals surface area contributed by atoms with Crippen molar-refractivity contribution in [1.29, 1.82) is 0 Å². The van der Waals surface area contributed by atoms with Crippen molar-refractivity contribution in [3.8, 4) is 0 Å². The Balaban J connectivity index is 2.69. The molecule has 1 atom stereocenters. The van der Waals surface area contributed by atoms with Crippen LogP contribution in [0.1, 0.15) is 36.7 Å². The lowest BCUT2D eigenvalue weighted by molar-refractivity contribution is 0.634. The average Bonchev–Trinajstić information content (AvgIpc) is 2.60. The molecule has 0 aliphatic rings. The van der Waals surface area contributed by atoms with Gasteiger partial charge in [0, 0.05) is 11.8 Å². The Kier molecular flexibility index (Phi) is 2.40. The van der Waals surface area contributed by atoms with Crippen molar-refractivity contribution in [3.05, 3.63) is 23.4 Å². The summed E-state index contributed by atoms with van der Waals surface area (Å²) in [5, 5.41) is 8.22. The quantitative estimate of drug-likeness (QED) is 0.798. The predicted molar refractivity (Wildman–Crippen MR) is 57.5 cm³/mol. The minimum absolute atomic E-state index is 0.0804. The van der Waals surface area contributed by atoms with Crippen molar-refractivity contribution in [1.82, 2.24) is 19.6 Å². The van der Waals surface area contributed by atoms with E-state index in [0.29, 0.717) is 0 Å². The largest absolute Gasteiger partial charge is 0.321 e. The maximum Gasteiger partial charge on any atom is 0.164 e. The minimum atomic E-state index is -0.0804. The van der Waals surface area contributed by atoms with E-state index in [1.165, 1.54) is 0 Å². The summed E-state index contributed by atoms with van der Waals surface area (Å²) in [4.78, 5) is 4.38. The van der Waals surface area contributed by atoms with E-state index >= 15 is 0 Å². The molecule has 0 aliphatic carbocycles. The van der Waals surface area contributed by atoms with Crippen LogP contribution in [0.15, 0.2) is 6.07 Å². The summed E-state index contributed by atoms with van der Waals surface area (Å²) in [6, 6.07) is 1.83. The fraction of sp³-hybridized carbons (Fsp3) is 0.500. The number of fused-ring (bicyclic) bond motifs is 1. The second-order valence-electron chi connectivity index (χ2n) is 3.71. The summed E-state index contributed by atoms with van der Waals surface area (Å²) in [7, 11) is 0. The normalized spacial score (nSPS) is 13.3. The van der Waals surface area contributed by atoms with Crippen LogP contribution in [0.25, 0.3) is 5.65 Å². The maximum absolute atomic E-state index is 5.96. The molecule has 2 rings (SSSR count). The fourth-order valence-electron chi connectivity index (χ4n) is 1.68. The Morgan fingerprint density at radius 1 is 1.40 bits per heavy atom. The van der Waals surface area contributed by atoms with Gasteiger partial charge in [-0.1, -0.05) is 6.92 Å². The lowest BCUT2D eigenvalue weighted by atomic mass is 10.2. The Morgan fingerprint density at radius 3 is 2.80 bits per heavy atom. The summed E-state index contributed by atoms with van der Waals surface area (Å²) >= 11 is 0. The van der Waals surface area contributed by atoms with Gasteiger partial charge < -0.3 is 5.73 Å². The highest BCUT2D eigenvalue weighted by Crippen LogP contribution is 2.14. The van der Waals surface area contributed by atoms with E-state index in [2.05, 4.69) is 15.2 Å². The van der Waals surface area contributed by atoms with Gasteiger partial charge in [0.25, 0.3) is 0 Å². The molecular formula is C10H15N5. The van der Waals surface area contributed by atoms with Crippen molar-refractivity contribution >= 4 is 5.65 Å². The Bertz CT molecular complexity index is 488. The van der Waals surface area contributed by atoms with Gasteiger partial charge in [0.05, 0.1) is 6.04 Å². The van der Waals surface area contributed by atoms with Gasteiger partial charge in [-0.3, -0.25) is 4.40 Å². The molecule has 0 spiro atoms. The number of hydrogen-bond acceptors (Lipinski definition) is 4. The number of hydrogen-bond donors (Lipinski definition) is 1. The summed E-state index contributed by atoms with van der Waals surface area (Å²) in [5.74, 6) is 1.67. The van der Waals surface area contributed by atoms with Crippen LogP contribution in [0.4, 0.5) is 0 Å². The maximum atomic E-state index is 5.96. The molecule has 2 N–H and O–H groups in total. The van der Waals surface area contributed by atoms with Gasteiger partial charge in [0.1, 0.15) is 5.82 Å². The van der Waals surface area contributed by atoms with Crippen molar-refractivity contribution in [2.75, 3.05) is 0 Å². The second-order valence-corrected chi connectivity index (χ2v) is 3.71. The summed E-state index contributed by atoms with van der Waals surface area (Å²) in [6.45, 7) is 5.92. The smallest absolute Gasteiger partial charge is 0.164 e. The highest BCUT2D eigenvalue weighted by Gasteiger charge is 2.14. The third-order valence-corrected chi connectivity index (χ3v) is 2.48. The molecule has 0 amide bonds. The second kappa shape index (κ2) is 3.58. The molecule has 80 valence electrons. The van der Waals surface area contributed by atoms with Crippen molar-refractivity contribution in [3.63, 3.8) is 0 Å². The number of rotatable bonds is 2. The first-order valence-corrected chi connectivity index (χ1v) is 5.08. The van der Waals surface area contributed by atoms with Crippen LogP contribution in [0.3, 0.4) is 0 Å². The van der Waals surface area contributed by atoms with E-state index in [4.69, 9.17) is 5.73 Å². The van der Waals surface area contributed by atoms with E-state index in [1.807, 2.05) is 31.2 Å². The lowest BCUT2D eigenvalue weighted by Crippen LogP contribution is -2.14. The highest BCUT2D eigenvalue weighted by molar-refractivity contribution is 5.40. The topological polar surface area (TPSA) is 69.1 Å². The number of aryl methyl sites for hydroxylation is 2. The molecule has 0 saturated heterocycles. The third kappa shape index (κ3) is 1.59. The van der Waals surface area contributed by atoms with Gasteiger partial charge in [-0.15, -0.1) is 10.2 Å². The summed E-state index contributed by atoms with van der Waals surface area (Å²) in [5.41, 5.74) is 7.73. The standard InChI is InChI=1S/C10H15N5/c1-4-8(11)10-14-13-9-5-6(2)12-7(3)15(9)10/h5,8H,4,11H2,1-3H3. The molecule has 0 aromatic carbocycles. The van der Waals surface area contributed by atoms with Gasteiger partial charge >= 0.3 is 0 Å². The molecular weight excluding hydrogens is 190 g/mol. The minimum Gasteiger partial charge on any atom is -0.321 e. The van der Waals surface area contributed by atoms with E-state index in [1.54, 1.807) is 0 Å². The average molecular weight is 205 g/mol. The zero-order valence-corrected chi connectivity index (χ0v) is 9.23. The SMILES string of the molecule is CCC(N)c1nnc2cc(C)nc(C)n12. The van der Waals surface area contributed by atoms with E-state index in [-0.39, 0.29) is 6.04 Å². The van der Waals surface area contributed by atoms with Crippen LogP contribution in [0, 0.1) is 13.8 Å². The van der Waals surface area contributed by atoms with Crippen LogP contribution >= 0.6 is 0 Å². The zero-order chi connectivity index (χ0) is 11.0. The van der Waals surface area contributed by atoms with Crippen LogP contribution in [0.5, 0.6) is 0 Å². The number of nitrogens with zero attached hydrogens (tertiary/aromatic N) is 4. The molecule has 0 bridgehead atoms. The molecule has 0 fully saturated rings. The van der Waals surface area contributed by atoms with Gasteiger partial charge in [0.2, 0.25) is 0 Å². The monoisotopic (exact) mass is 205 g/mol. The van der Waals surface area contributed by atoms with Gasteiger partial charge in [-0.25, -0.2) is 4.98 Å². The number of aromatic nitrogens is 4. The lowest BCUT2D eigenvalue weighted by Gasteiger charge is -2.08. The predicted octanol–water partition coefficient (Wildman–Crippen LogP) is 1.15. The van der Waals surface area contributed by atoms with Crippen LogP contribution in [-0.2, 0) is 0 Å². The van der Waals surface area contributed by atoms with Crippen LogP contribution in [-0.4, -0.2) is 19.6 Å².